The molecule has 268 valence electrons. The second-order valence-corrected chi connectivity index (χ2v) is 13.9. The monoisotopic (exact) mass is 696 g/mol. The van der Waals surface area contributed by atoms with E-state index in [1.807, 2.05) is 42.5 Å². The molecule has 5 aromatic rings. The molecular formula is C44H48N4O4. The molecular weight excluding hydrogens is 649 g/mol. The number of morpholine rings is 1. The van der Waals surface area contributed by atoms with E-state index in [4.69, 9.17) is 9.47 Å². The minimum absolute atomic E-state index is 0.0433. The lowest BCUT2D eigenvalue weighted by atomic mass is 9.92. The second kappa shape index (κ2) is 15.1. The zero-order chi connectivity index (χ0) is 36.4. The zero-order valence-corrected chi connectivity index (χ0v) is 30.6. The molecule has 1 fully saturated rings. The predicted octanol–water partition coefficient (Wildman–Crippen LogP) is 7.60. The molecule has 4 aromatic carbocycles. The van der Waals surface area contributed by atoms with E-state index in [9.17, 15) is 9.90 Å². The molecule has 1 aromatic heterocycles. The topological polar surface area (TPSA) is 70.4 Å². The number of phenolic OH excluding ortho intramolecular Hbond substituents is 1. The van der Waals surface area contributed by atoms with Crippen LogP contribution in [-0.4, -0.2) is 71.4 Å². The summed E-state index contributed by atoms with van der Waals surface area (Å²) in [6, 6.07) is 32.0. The molecule has 0 unspecified atom stereocenters. The quantitative estimate of drug-likeness (QED) is 0.162. The summed E-state index contributed by atoms with van der Waals surface area (Å²) in [5, 5.41) is 10.1. The highest BCUT2D eigenvalue weighted by molar-refractivity contribution is 6.01. The molecule has 8 heteroatoms. The van der Waals surface area contributed by atoms with Crippen molar-refractivity contribution in [3.05, 3.63) is 143 Å². The number of amides is 1. The minimum atomic E-state index is 0.0433. The number of carbonyl (C=O) groups excluding carboxylic acids is 1. The van der Waals surface area contributed by atoms with Crippen molar-refractivity contribution >= 4 is 17.3 Å². The molecule has 1 N–H and O–H groups in total. The first-order valence-electron chi connectivity index (χ1n) is 18.1. The van der Waals surface area contributed by atoms with Gasteiger partial charge in [-0.15, -0.1) is 0 Å². The van der Waals surface area contributed by atoms with Gasteiger partial charge in [0.05, 0.1) is 20.3 Å². The predicted molar refractivity (Wildman–Crippen MR) is 208 cm³/mol. The number of carbonyl (C=O) groups is 1. The highest BCUT2D eigenvalue weighted by atomic mass is 16.5. The van der Waals surface area contributed by atoms with Gasteiger partial charge in [0.2, 0.25) is 0 Å². The molecule has 0 spiro atoms. The Hall–Kier alpha value is -5.31. The molecule has 52 heavy (non-hydrogen) atoms. The average Bonchev–Trinajstić information content (AvgIpc) is 3.47. The van der Waals surface area contributed by atoms with Crippen LogP contribution in [-0.2, 0) is 31.3 Å². The number of aromatic hydroxyl groups is 1. The highest BCUT2D eigenvalue weighted by Gasteiger charge is 2.33. The highest BCUT2D eigenvalue weighted by Crippen LogP contribution is 2.37. The summed E-state index contributed by atoms with van der Waals surface area (Å²) in [6.45, 7) is 14.0. The maximum atomic E-state index is 14.8. The molecule has 0 saturated carbocycles. The van der Waals surface area contributed by atoms with Gasteiger partial charge in [-0.3, -0.25) is 9.69 Å². The van der Waals surface area contributed by atoms with Gasteiger partial charge in [0.25, 0.3) is 5.91 Å². The molecule has 1 saturated heterocycles. The fourth-order valence-electron chi connectivity index (χ4n) is 7.71. The van der Waals surface area contributed by atoms with Crippen LogP contribution in [0.2, 0.25) is 0 Å². The standard InChI is InChI=1S/C44H48N4O4/c1-30-34(13-10-16-43(30)51-5)27-47(36-17-19-38(49)20-18-36)32(3)41-26-42(45(4)31(41)2)39-14-8-9-15-40(39)44(50)48-28-35-12-7-6-11-33(35)25-37(48)29-46-21-23-52-24-22-46/h6-20,26,37,49H,3,21-25,27-29H2,1-2,4-5H3/t37-/m0/s1. The van der Waals surface area contributed by atoms with E-state index in [1.54, 1.807) is 19.2 Å². The van der Waals surface area contributed by atoms with Gasteiger partial charge in [-0.05, 0) is 85.0 Å². The van der Waals surface area contributed by atoms with Crippen LogP contribution in [0, 0.1) is 13.8 Å². The fraction of sp³-hybridized carbons (Fsp3) is 0.295. The van der Waals surface area contributed by atoms with E-state index >= 15 is 0 Å². The van der Waals surface area contributed by atoms with Crippen LogP contribution in [0.3, 0.4) is 0 Å². The second-order valence-electron chi connectivity index (χ2n) is 13.9. The number of fused-ring (bicyclic) bond motifs is 1. The van der Waals surface area contributed by atoms with Gasteiger partial charge in [0, 0.05) is 85.3 Å². The van der Waals surface area contributed by atoms with Crippen molar-refractivity contribution in [2.24, 2.45) is 7.05 Å². The molecule has 0 bridgehead atoms. The van der Waals surface area contributed by atoms with Crippen LogP contribution in [0.5, 0.6) is 11.5 Å². The third-order valence-electron chi connectivity index (χ3n) is 10.9. The van der Waals surface area contributed by atoms with E-state index in [2.05, 4.69) is 89.2 Å². The van der Waals surface area contributed by atoms with Gasteiger partial charge in [-0.2, -0.15) is 0 Å². The number of phenols is 1. The van der Waals surface area contributed by atoms with E-state index < -0.39 is 0 Å². The molecule has 8 nitrogen and oxygen atoms in total. The fourth-order valence-corrected chi connectivity index (χ4v) is 7.71. The summed E-state index contributed by atoms with van der Waals surface area (Å²) in [7, 11) is 3.74. The number of aromatic nitrogens is 1. The van der Waals surface area contributed by atoms with Gasteiger partial charge in [0.1, 0.15) is 11.5 Å². The summed E-state index contributed by atoms with van der Waals surface area (Å²) >= 11 is 0. The summed E-state index contributed by atoms with van der Waals surface area (Å²) < 4.78 is 13.4. The number of nitrogens with zero attached hydrogens (tertiary/aromatic N) is 4. The van der Waals surface area contributed by atoms with Crippen molar-refractivity contribution in [1.82, 2.24) is 14.4 Å². The Bertz CT molecular complexity index is 2080. The first-order valence-corrected chi connectivity index (χ1v) is 18.1. The molecule has 1 amide bonds. The van der Waals surface area contributed by atoms with Crippen molar-refractivity contribution in [2.45, 2.75) is 39.4 Å². The lowest BCUT2D eigenvalue weighted by molar-refractivity contribution is 0.0193. The van der Waals surface area contributed by atoms with E-state index in [0.717, 1.165) is 90.0 Å². The molecule has 2 aliphatic heterocycles. The van der Waals surface area contributed by atoms with Crippen LogP contribution in [0.1, 0.15) is 43.9 Å². The van der Waals surface area contributed by atoms with Crippen molar-refractivity contribution in [3.63, 3.8) is 0 Å². The first-order chi connectivity index (χ1) is 25.2. The number of methoxy groups -OCH3 is 1. The summed E-state index contributed by atoms with van der Waals surface area (Å²) in [6.07, 6.45) is 0.828. The van der Waals surface area contributed by atoms with Crippen molar-refractivity contribution in [2.75, 3.05) is 44.9 Å². The lowest BCUT2D eigenvalue weighted by Gasteiger charge is -2.40. The molecule has 0 aliphatic carbocycles. The first kappa shape index (κ1) is 35.1. The largest absolute Gasteiger partial charge is 0.508 e. The van der Waals surface area contributed by atoms with Crippen molar-refractivity contribution in [1.29, 1.82) is 0 Å². The van der Waals surface area contributed by atoms with Gasteiger partial charge >= 0.3 is 0 Å². The molecule has 1 atom stereocenters. The van der Waals surface area contributed by atoms with Crippen molar-refractivity contribution in [3.8, 4) is 22.8 Å². The Labute approximate surface area is 307 Å². The lowest BCUT2D eigenvalue weighted by Crippen LogP contribution is -2.52. The summed E-state index contributed by atoms with van der Waals surface area (Å²) in [4.78, 5) is 21.5. The molecule has 0 radical (unpaired) electrons. The van der Waals surface area contributed by atoms with Crippen molar-refractivity contribution < 1.29 is 19.4 Å². The summed E-state index contributed by atoms with van der Waals surface area (Å²) in [5.41, 5.74) is 11.0. The van der Waals surface area contributed by atoms with Gasteiger partial charge < -0.3 is 28.9 Å². The Balaban J connectivity index is 1.24. The van der Waals surface area contributed by atoms with Crippen LogP contribution in [0.15, 0.2) is 104 Å². The number of rotatable bonds is 10. The Kier molecular flexibility index (Phi) is 10.2. The number of ether oxygens (including phenoxy) is 2. The maximum Gasteiger partial charge on any atom is 0.255 e. The van der Waals surface area contributed by atoms with Crippen LogP contribution in [0.25, 0.3) is 17.0 Å². The van der Waals surface area contributed by atoms with Gasteiger partial charge in [-0.1, -0.05) is 61.2 Å². The third-order valence-corrected chi connectivity index (χ3v) is 10.9. The summed E-state index contributed by atoms with van der Waals surface area (Å²) in [5.74, 6) is 1.08. The van der Waals surface area contributed by atoms with Crippen LogP contribution < -0.4 is 9.64 Å². The number of anilines is 1. The van der Waals surface area contributed by atoms with Crippen LogP contribution in [0.4, 0.5) is 5.69 Å². The third kappa shape index (κ3) is 6.96. The SMILES string of the molecule is C=C(c1cc(-c2ccccc2C(=O)N2Cc3ccccc3C[C@H]2CN2CCOCC2)n(C)c1C)N(Cc1cccc(OC)c1C)c1ccc(O)cc1. The average molecular weight is 697 g/mol. The van der Waals surface area contributed by atoms with E-state index in [0.29, 0.717) is 18.7 Å². The van der Waals surface area contributed by atoms with Crippen LogP contribution >= 0.6 is 0 Å². The van der Waals surface area contributed by atoms with E-state index in [-0.39, 0.29) is 17.7 Å². The number of hydrogen-bond donors (Lipinski definition) is 1. The Morgan fingerprint density at radius 3 is 2.38 bits per heavy atom. The molecule has 7 rings (SSSR count). The normalized spacial score (nSPS) is 16.0. The Morgan fingerprint density at radius 1 is 0.923 bits per heavy atom. The van der Waals surface area contributed by atoms with E-state index in [1.165, 1.54) is 11.1 Å². The Morgan fingerprint density at radius 2 is 1.63 bits per heavy atom. The van der Waals surface area contributed by atoms with Gasteiger partial charge in [0.15, 0.2) is 0 Å². The molecule has 2 aliphatic rings. The zero-order valence-electron chi connectivity index (χ0n) is 30.6. The van der Waals surface area contributed by atoms with Gasteiger partial charge in [-0.25, -0.2) is 0 Å². The number of hydrogen-bond acceptors (Lipinski definition) is 6. The minimum Gasteiger partial charge on any atom is -0.508 e. The maximum absolute atomic E-state index is 14.8. The number of benzene rings is 4. The smallest absolute Gasteiger partial charge is 0.255 e. The molecule has 3 heterocycles.